The number of ether oxygens (including phenoxy) is 1. The number of carbonyl (C=O) groups is 1. The van der Waals surface area contributed by atoms with Crippen LogP contribution in [-0.4, -0.2) is 24.6 Å². The molecule has 1 aromatic rings. The summed E-state index contributed by atoms with van der Waals surface area (Å²) in [5.74, 6) is 0.664. The summed E-state index contributed by atoms with van der Waals surface area (Å²) in [4.78, 5) is 11.9. The third-order valence-electron chi connectivity index (χ3n) is 3.46. The SMILES string of the molecule is CC(C)Oc1ccc(NC(=O)CCC2CCCN2)cc1Cl.Cl. The zero-order valence-electron chi connectivity index (χ0n) is 13.0. The van der Waals surface area contributed by atoms with E-state index in [4.69, 9.17) is 16.3 Å². The van der Waals surface area contributed by atoms with E-state index in [1.165, 1.54) is 12.8 Å². The van der Waals surface area contributed by atoms with Crippen LogP contribution in [0, 0.1) is 0 Å². The van der Waals surface area contributed by atoms with Crippen LogP contribution >= 0.6 is 24.0 Å². The number of hydrogen-bond acceptors (Lipinski definition) is 3. The number of amides is 1. The van der Waals surface area contributed by atoms with Crippen molar-refractivity contribution >= 4 is 35.6 Å². The number of nitrogens with one attached hydrogen (secondary N) is 2. The Morgan fingerprint density at radius 2 is 2.27 bits per heavy atom. The van der Waals surface area contributed by atoms with Crippen LogP contribution in [0.5, 0.6) is 5.75 Å². The van der Waals surface area contributed by atoms with Crippen molar-refractivity contribution in [2.24, 2.45) is 0 Å². The van der Waals surface area contributed by atoms with Crippen LogP contribution in [0.3, 0.4) is 0 Å². The standard InChI is InChI=1S/C16H23ClN2O2.ClH/c1-11(2)21-15-7-5-13(10-14(15)17)19-16(20)8-6-12-4-3-9-18-12;/h5,7,10-12,18H,3-4,6,8-9H2,1-2H3,(H,19,20);1H. The van der Waals surface area contributed by atoms with Gasteiger partial charge in [0.15, 0.2) is 0 Å². The van der Waals surface area contributed by atoms with Crippen LogP contribution in [-0.2, 0) is 4.79 Å². The van der Waals surface area contributed by atoms with E-state index in [0.29, 0.717) is 28.9 Å². The molecule has 22 heavy (non-hydrogen) atoms. The fourth-order valence-electron chi connectivity index (χ4n) is 2.46. The minimum Gasteiger partial charge on any atom is -0.489 e. The summed E-state index contributed by atoms with van der Waals surface area (Å²) in [7, 11) is 0. The predicted octanol–water partition coefficient (Wildman–Crippen LogP) is 4.02. The van der Waals surface area contributed by atoms with E-state index in [1.54, 1.807) is 12.1 Å². The number of rotatable bonds is 6. The van der Waals surface area contributed by atoms with E-state index >= 15 is 0 Å². The molecule has 1 atom stereocenters. The Morgan fingerprint density at radius 1 is 1.50 bits per heavy atom. The maximum Gasteiger partial charge on any atom is 0.224 e. The average molecular weight is 347 g/mol. The minimum absolute atomic E-state index is 0. The summed E-state index contributed by atoms with van der Waals surface area (Å²) in [6, 6.07) is 5.82. The molecule has 0 aliphatic carbocycles. The van der Waals surface area contributed by atoms with Gasteiger partial charge in [-0.15, -0.1) is 12.4 Å². The summed E-state index contributed by atoms with van der Waals surface area (Å²) in [6.07, 6.45) is 3.86. The highest BCUT2D eigenvalue weighted by Gasteiger charge is 2.15. The molecule has 0 aromatic heterocycles. The molecule has 6 heteroatoms. The molecule has 2 rings (SSSR count). The second kappa shape index (κ2) is 9.23. The number of anilines is 1. The molecule has 1 amide bonds. The maximum absolute atomic E-state index is 11.9. The second-order valence-corrected chi connectivity index (χ2v) is 6.10. The first-order valence-corrected chi connectivity index (χ1v) is 7.92. The van der Waals surface area contributed by atoms with E-state index < -0.39 is 0 Å². The van der Waals surface area contributed by atoms with E-state index in [9.17, 15) is 4.79 Å². The number of hydrogen-bond donors (Lipinski definition) is 2. The lowest BCUT2D eigenvalue weighted by atomic mass is 10.1. The Hall–Kier alpha value is -0.970. The molecule has 1 aromatic carbocycles. The second-order valence-electron chi connectivity index (χ2n) is 5.69. The normalized spacial score (nSPS) is 17.2. The van der Waals surface area contributed by atoms with E-state index in [-0.39, 0.29) is 24.4 Å². The van der Waals surface area contributed by atoms with E-state index in [1.807, 2.05) is 19.9 Å². The van der Waals surface area contributed by atoms with Gasteiger partial charge in [0.05, 0.1) is 11.1 Å². The molecule has 4 nitrogen and oxygen atoms in total. The minimum atomic E-state index is 0. The zero-order chi connectivity index (χ0) is 15.2. The van der Waals surface area contributed by atoms with Crippen molar-refractivity contribution in [2.75, 3.05) is 11.9 Å². The monoisotopic (exact) mass is 346 g/mol. The maximum atomic E-state index is 11.9. The fourth-order valence-corrected chi connectivity index (χ4v) is 2.69. The Bertz CT molecular complexity index is 489. The number of benzene rings is 1. The van der Waals surface area contributed by atoms with Gasteiger partial charge < -0.3 is 15.4 Å². The molecule has 1 unspecified atom stereocenters. The smallest absolute Gasteiger partial charge is 0.224 e. The van der Waals surface area contributed by atoms with Gasteiger partial charge in [-0.05, 0) is 57.9 Å². The third-order valence-corrected chi connectivity index (χ3v) is 3.76. The summed E-state index contributed by atoms with van der Waals surface area (Å²) in [5, 5.41) is 6.79. The van der Waals surface area contributed by atoms with Gasteiger partial charge in [-0.2, -0.15) is 0 Å². The highest BCUT2D eigenvalue weighted by molar-refractivity contribution is 6.32. The quantitative estimate of drug-likeness (QED) is 0.817. The molecule has 0 bridgehead atoms. The van der Waals surface area contributed by atoms with Crippen molar-refractivity contribution in [2.45, 2.75) is 51.7 Å². The van der Waals surface area contributed by atoms with Crippen LogP contribution in [0.4, 0.5) is 5.69 Å². The van der Waals surface area contributed by atoms with E-state index in [2.05, 4.69) is 10.6 Å². The first-order valence-electron chi connectivity index (χ1n) is 7.54. The zero-order valence-corrected chi connectivity index (χ0v) is 14.6. The molecular weight excluding hydrogens is 323 g/mol. The van der Waals surface area contributed by atoms with Gasteiger partial charge >= 0.3 is 0 Å². The van der Waals surface area contributed by atoms with Gasteiger partial charge in [0.1, 0.15) is 5.75 Å². The van der Waals surface area contributed by atoms with Crippen LogP contribution in [0.25, 0.3) is 0 Å². The van der Waals surface area contributed by atoms with Gasteiger partial charge in [-0.25, -0.2) is 0 Å². The predicted molar refractivity (Wildman–Crippen MR) is 93.4 cm³/mol. The molecule has 2 N–H and O–H groups in total. The van der Waals surface area contributed by atoms with Crippen molar-refractivity contribution < 1.29 is 9.53 Å². The molecule has 0 spiro atoms. The molecule has 1 aliphatic rings. The largest absolute Gasteiger partial charge is 0.489 e. The Labute approximate surface area is 143 Å². The number of halogens is 2. The topological polar surface area (TPSA) is 50.4 Å². The summed E-state index contributed by atoms with van der Waals surface area (Å²) < 4.78 is 5.57. The van der Waals surface area contributed by atoms with Crippen molar-refractivity contribution in [3.8, 4) is 5.75 Å². The summed E-state index contributed by atoms with van der Waals surface area (Å²) in [6.45, 7) is 4.96. The van der Waals surface area contributed by atoms with E-state index in [0.717, 1.165) is 13.0 Å². The highest BCUT2D eigenvalue weighted by Crippen LogP contribution is 2.28. The van der Waals surface area contributed by atoms with Gasteiger partial charge in [-0.1, -0.05) is 11.6 Å². The van der Waals surface area contributed by atoms with Gasteiger partial charge in [0, 0.05) is 18.2 Å². The third kappa shape index (κ3) is 6.03. The van der Waals surface area contributed by atoms with Crippen molar-refractivity contribution in [1.29, 1.82) is 0 Å². The first-order chi connectivity index (χ1) is 10.0. The molecule has 124 valence electrons. The molecule has 1 fully saturated rings. The molecule has 0 radical (unpaired) electrons. The lowest BCUT2D eigenvalue weighted by Crippen LogP contribution is -2.23. The Morgan fingerprint density at radius 3 is 2.86 bits per heavy atom. The highest BCUT2D eigenvalue weighted by atomic mass is 35.5. The van der Waals surface area contributed by atoms with Gasteiger partial charge in [0.25, 0.3) is 0 Å². The van der Waals surface area contributed by atoms with Gasteiger partial charge in [0.2, 0.25) is 5.91 Å². The molecule has 1 heterocycles. The lowest BCUT2D eigenvalue weighted by molar-refractivity contribution is -0.116. The number of carbonyl (C=O) groups excluding carboxylic acids is 1. The molecular formula is C16H24Cl2N2O2. The fraction of sp³-hybridized carbons (Fsp3) is 0.562. The van der Waals surface area contributed by atoms with Gasteiger partial charge in [-0.3, -0.25) is 4.79 Å². The first kappa shape index (κ1) is 19.1. The molecule has 0 saturated carbocycles. The Balaban J connectivity index is 0.00000242. The summed E-state index contributed by atoms with van der Waals surface area (Å²) >= 11 is 6.15. The van der Waals surface area contributed by atoms with Crippen molar-refractivity contribution in [3.05, 3.63) is 23.2 Å². The molecule has 1 aliphatic heterocycles. The van der Waals surface area contributed by atoms with Crippen LogP contribution in [0.2, 0.25) is 5.02 Å². The van der Waals surface area contributed by atoms with Crippen molar-refractivity contribution in [1.82, 2.24) is 5.32 Å². The lowest BCUT2D eigenvalue weighted by Gasteiger charge is -2.13. The Kier molecular flexibility index (Phi) is 8.01. The average Bonchev–Trinajstić information content (AvgIpc) is 2.92. The van der Waals surface area contributed by atoms with Crippen LogP contribution in [0.15, 0.2) is 18.2 Å². The van der Waals surface area contributed by atoms with Crippen molar-refractivity contribution in [3.63, 3.8) is 0 Å². The van der Waals surface area contributed by atoms with Crippen LogP contribution in [0.1, 0.15) is 39.5 Å². The van der Waals surface area contributed by atoms with Crippen LogP contribution < -0.4 is 15.4 Å². The molecule has 1 saturated heterocycles. The summed E-state index contributed by atoms with van der Waals surface area (Å²) in [5.41, 5.74) is 0.709.